The van der Waals surface area contributed by atoms with Gasteiger partial charge in [-0.2, -0.15) is 0 Å². The standard InChI is InChI=1S/C14H11BrFN3O3/c15-9-1-4-11(5-2-9)17-8-14(20)18-12-6-3-10(16)7-13(12)19(21)22/h1-7,17H,8H2,(H,18,20). The van der Waals surface area contributed by atoms with E-state index in [1.54, 1.807) is 12.1 Å². The van der Waals surface area contributed by atoms with Gasteiger partial charge >= 0.3 is 0 Å². The molecule has 1 amide bonds. The molecule has 0 aliphatic rings. The summed E-state index contributed by atoms with van der Waals surface area (Å²) in [7, 11) is 0. The molecule has 8 heteroatoms. The van der Waals surface area contributed by atoms with Crippen LogP contribution in [0.4, 0.5) is 21.5 Å². The summed E-state index contributed by atoms with van der Waals surface area (Å²) in [6.07, 6.45) is 0. The second-order valence-corrected chi connectivity index (χ2v) is 5.24. The lowest BCUT2D eigenvalue weighted by molar-refractivity contribution is -0.384. The number of carbonyl (C=O) groups excluding carboxylic acids is 1. The Morgan fingerprint density at radius 2 is 1.91 bits per heavy atom. The van der Waals surface area contributed by atoms with Crippen molar-refractivity contribution in [1.82, 2.24) is 0 Å². The predicted octanol–water partition coefficient (Wildman–Crippen LogP) is 3.55. The van der Waals surface area contributed by atoms with Crippen LogP contribution in [0.3, 0.4) is 0 Å². The summed E-state index contributed by atoms with van der Waals surface area (Å²) in [5, 5.41) is 16.1. The van der Waals surface area contributed by atoms with Crippen LogP contribution in [0.2, 0.25) is 0 Å². The van der Waals surface area contributed by atoms with Crippen LogP contribution in [-0.4, -0.2) is 17.4 Å². The summed E-state index contributed by atoms with van der Waals surface area (Å²) in [4.78, 5) is 21.9. The summed E-state index contributed by atoms with van der Waals surface area (Å²) in [6, 6.07) is 10.1. The van der Waals surface area contributed by atoms with Crippen LogP contribution in [0.5, 0.6) is 0 Å². The fraction of sp³-hybridized carbons (Fsp3) is 0.0714. The van der Waals surface area contributed by atoms with E-state index in [1.165, 1.54) is 0 Å². The van der Waals surface area contributed by atoms with Crippen LogP contribution in [0.15, 0.2) is 46.9 Å². The average Bonchev–Trinajstić information content (AvgIpc) is 2.48. The van der Waals surface area contributed by atoms with Gasteiger partial charge in [-0.15, -0.1) is 0 Å². The van der Waals surface area contributed by atoms with Crippen molar-refractivity contribution < 1.29 is 14.1 Å². The molecule has 114 valence electrons. The molecule has 2 aromatic carbocycles. The van der Waals surface area contributed by atoms with Gasteiger partial charge in [0, 0.05) is 10.2 Å². The molecule has 0 aliphatic heterocycles. The van der Waals surface area contributed by atoms with Gasteiger partial charge in [0.05, 0.1) is 17.5 Å². The third kappa shape index (κ3) is 4.26. The van der Waals surface area contributed by atoms with Crippen molar-refractivity contribution in [3.8, 4) is 0 Å². The van der Waals surface area contributed by atoms with Crippen molar-refractivity contribution in [2.24, 2.45) is 0 Å². The number of hydrogen-bond donors (Lipinski definition) is 2. The monoisotopic (exact) mass is 367 g/mol. The van der Waals surface area contributed by atoms with Gasteiger partial charge < -0.3 is 10.6 Å². The molecule has 0 saturated carbocycles. The molecule has 0 unspecified atom stereocenters. The van der Waals surface area contributed by atoms with Gasteiger partial charge in [0.1, 0.15) is 11.5 Å². The highest BCUT2D eigenvalue weighted by atomic mass is 79.9. The van der Waals surface area contributed by atoms with Crippen LogP contribution >= 0.6 is 15.9 Å². The summed E-state index contributed by atoms with van der Waals surface area (Å²) in [5.74, 6) is -1.21. The minimum atomic E-state index is -0.749. The second-order valence-electron chi connectivity index (χ2n) is 4.33. The molecule has 6 nitrogen and oxygen atoms in total. The third-order valence-electron chi connectivity index (χ3n) is 2.73. The zero-order chi connectivity index (χ0) is 16.1. The summed E-state index contributed by atoms with van der Waals surface area (Å²) in [5.41, 5.74) is 0.193. The first-order chi connectivity index (χ1) is 10.5. The Labute approximate surface area is 133 Å². The van der Waals surface area contributed by atoms with E-state index in [2.05, 4.69) is 26.6 Å². The number of benzene rings is 2. The lowest BCUT2D eigenvalue weighted by Gasteiger charge is -2.08. The number of rotatable bonds is 5. The number of nitro benzene ring substituents is 1. The lowest BCUT2D eigenvalue weighted by atomic mass is 10.2. The maximum Gasteiger partial charge on any atom is 0.295 e. The zero-order valence-corrected chi connectivity index (χ0v) is 12.8. The normalized spacial score (nSPS) is 10.1. The SMILES string of the molecule is O=C(CNc1ccc(Br)cc1)Nc1ccc(F)cc1[N+](=O)[O-]. The van der Waals surface area contributed by atoms with Crippen LogP contribution in [0.25, 0.3) is 0 Å². The molecule has 2 rings (SSSR count). The molecule has 0 spiro atoms. The van der Waals surface area contributed by atoms with E-state index in [0.29, 0.717) is 0 Å². The van der Waals surface area contributed by atoms with Crippen molar-refractivity contribution in [3.63, 3.8) is 0 Å². The van der Waals surface area contributed by atoms with E-state index in [9.17, 15) is 19.3 Å². The fourth-order valence-corrected chi connectivity index (χ4v) is 1.97. The Morgan fingerprint density at radius 1 is 1.23 bits per heavy atom. The first-order valence-corrected chi connectivity index (χ1v) is 6.98. The Morgan fingerprint density at radius 3 is 2.55 bits per heavy atom. The van der Waals surface area contributed by atoms with Gasteiger partial charge in [-0.1, -0.05) is 15.9 Å². The molecule has 0 bridgehead atoms. The second kappa shape index (κ2) is 6.99. The van der Waals surface area contributed by atoms with E-state index in [4.69, 9.17) is 0 Å². The molecule has 0 saturated heterocycles. The Bertz CT molecular complexity index is 707. The molecule has 22 heavy (non-hydrogen) atoms. The van der Waals surface area contributed by atoms with Gasteiger partial charge in [-0.3, -0.25) is 14.9 Å². The molecule has 0 atom stereocenters. The largest absolute Gasteiger partial charge is 0.376 e. The maximum absolute atomic E-state index is 13.0. The highest BCUT2D eigenvalue weighted by molar-refractivity contribution is 9.10. The van der Waals surface area contributed by atoms with Gasteiger partial charge in [-0.25, -0.2) is 4.39 Å². The molecule has 2 aromatic rings. The molecule has 0 radical (unpaired) electrons. The Balaban J connectivity index is 2.00. The highest BCUT2D eigenvalue weighted by Gasteiger charge is 2.16. The Kier molecular flexibility index (Phi) is 5.05. The predicted molar refractivity (Wildman–Crippen MR) is 84.3 cm³/mol. The van der Waals surface area contributed by atoms with Crippen molar-refractivity contribution in [3.05, 3.63) is 62.9 Å². The minimum Gasteiger partial charge on any atom is -0.376 e. The number of nitro groups is 1. The number of anilines is 2. The molecule has 0 fully saturated rings. The number of nitrogens with one attached hydrogen (secondary N) is 2. The minimum absolute atomic E-state index is 0.0472. The van der Waals surface area contributed by atoms with E-state index in [-0.39, 0.29) is 12.2 Å². The topological polar surface area (TPSA) is 84.3 Å². The number of halogens is 2. The smallest absolute Gasteiger partial charge is 0.295 e. The average molecular weight is 368 g/mol. The first kappa shape index (κ1) is 15.9. The summed E-state index contributed by atoms with van der Waals surface area (Å²) < 4.78 is 13.9. The van der Waals surface area contributed by atoms with E-state index >= 15 is 0 Å². The fourth-order valence-electron chi connectivity index (χ4n) is 1.71. The Hall–Kier alpha value is -2.48. The van der Waals surface area contributed by atoms with E-state index < -0.39 is 22.3 Å². The number of hydrogen-bond acceptors (Lipinski definition) is 4. The number of amides is 1. The van der Waals surface area contributed by atoms with Crippen molar-refractivity contribution in [2.75, 3.05) is 17.2 Å². The van der Waals surface area contributed by atoms with E-state index in [0.717, 1.165) is 28.4 Å². The molecular formula is C14H11BrFN3O3. The number of nitrogens with zero attached hydrogens (tertiary/aromatic N) is 1. The van der Waals surface area contributed by atoms with Gasteiger partial charge in [-0.05, 0) is 36.4 Å². The van der Waals surface area contributed by atoms with Gasteiger partial charge in [0.25, 0.3) is 5.69 Å². The maximum atomic E-state index is 13.0. The van der Waals surface area contributed by atoms with Crippen LogP contribution < -0.4 is 10.6 Å². The lowest BCUT2D eigenvalue weighted by Crippen LogP contribution is -2.22. The number of carbonyl (C=O) groups is 1. The quantitative estimate of drug-likeness (QED) is 0.625. The van der Waals surface area contributed by atoms with Crippen molar-refractivity contribution in [1.29, 1.82) is 0 Å². The first-order valence-electron chi connectivity index (χ1n) is 6.19. The van der Waals surface area contributed by atoms with Crippen molar-refractivity contribution in [2.45, 2.75) is 0 Å². The molecule has 0 aromatic heterocycles. The van der Waals surface area contributed by atoms with Crippen molar-refractivity contribution >= 4 is 38.9 Å². The molecular weight excluding hydrogens is 357 g/mol. The zero-order valence-electron chi connectivity index (χ0n) is 11.2. The third-order valence-corrected chi connectivity index (χ3v) is 3.26. The molecule has 0 heterocycles. The summed E-state index contributed by atoms with van der Waals surface area (Å²) in [6.45, 7) is -0.0733. The summed E-state index contributed by atoms with van der Waals surface area (Å²) >= 11 is 3.30. The van der Waals surface area contributed by atoms with Gasteiger partial charge in [0.2, 0.25) is 5.91 Å². The van der Waals surface area contributed by atoms with E-state index in [1.807, 2.05) is 12.1 Å². The van der Waals surface area contributed by atoms with Crippen LogP contribution in [0.1, 0.15) is 0 Å². The molecule has 2 N–H and O–H groups in total. The van der Waals surface area contributed by atoms with Crippen LogP contribution in [0, 0.1) is 15.9 Å². The highest BCUT2D eigenvalue weighted by Crippen LogP contribution is 2.24. The van der Waals surface area contributed by atoms with Crippen LogP contribution in [-0.2, 0) is 4.79 Å². The molecule has 0 aliphatic carbocycles. The van der Waals surface area contributed by atoms with Gasteiger partial charge in [0.15, 0.2) is 0 Å².